The maximum Gasteiger partial charge on any atom is 0.301 e. The van der Waals surface area contributed by atoms with Crippen LogP contribution in [0.15, 0.2) is 16.5 Å². The minimum absolute atomic E-state index is 0.273. The van der Waals surface area contributed by atoms with Crippen LogP contribution >= 0.6 is 0 Å². The first-order chi connectivity index (χ1) is 4.50. The zero-order chi connectivity index (χ0) is 7.78. The van der Waals surface area contributed by atoms with E-state index in [1.807, 2.05) is 0 Å². The van der Waals surface area contributed by atoms with E-state index in [1.54, 1.807) is 6.92 Å². The van der Waals surface area contributed by atoms with Gasteiger partial charge in [0.15, 0.2) is 5.76 Å². The molecule has 0 fully saturated rings. The molecule has 0 amide bonds. The van der Waals surface area contributed by atoms with Crippen molar-refractivity contribution in [2.75, 3.05) is 0 Å². The zero-order valence-corrected chi connectivity index (χ0v) is 5.82. The van der Waals surface area contributed by atoms with E-state index in [9.17, 15) is 8.78 Å². The Bertz CT molecular complexity index is 222. The second-order valence-electron chi connectivity index (χ2n) is 2.30. The van der Waals surface area contributed by atoms with Gasteiger partial charge in [-0.1, -0.05) is 0 Å². The molecule has 0 aliphatic rings. The van der Waals surface area contributed by atoms with Crippen molar-refractivity contribution in [3.63, 3.8) is 0 Å². The Morgan fingerprint density at radius 1 is 1.40 bits per heavy atom. The topological polar surface area (TPSA) is 13.1 Å². The molecule has 56 valence electrons. The standard InChI is InChI=1S/C7H8F2O/c1-5-3-4-6(10-5)7(2,8)9/h3-4H,1-2H3. The van der Waals surface area contributed by atoms with Crippen LogP contribution in [0.2, 0.25) is 0 Å². The molecule has 0 spiro atoms. The summed E-state index contributed by atoms with van der Waals surface area (Å²) in [5.74, 6) is -2.62. The lowest BCUT2D eigenvalue weighted by molar-refractivity contribution is -0.00597. The summed E-state index contributed by atoms with van der Waals surface area (Å²) >= 11 is 0. The molecule has 0 bridgehead atoms. The van der Waals surface area contributed by atoms with Crippen LogP contribution in [-0.2, 0) is 5.92 Å². The summed E-state index contributed by atoms with van der Waals surface area (Å²) in [6.07, 6.45) is 0. The van der Waals surface area contributed by atoms with Gasteiger partial charge in [0, 0.05) is 6.92 Å². The maximum absolute atomic E-state index is 12.4. The van der Waals surface area contributed by atoms with Crippen molar-refractivity contribution >= 4 is 0 Å². The van der Waals surface area contributed by atoms with Crippen LogP contribution in [-0.4, -0.2) is 0 Å². The number of halogens is 2. The molecular formula is C7H8F2O. The van der Waals surface area contributed by atoms with Gasteiger partial charge >= 0.3 is 5.92 Å². The largest absolute Gasteiger partial charge is 0.460 e. The highest BCUT2D eigenvalue weighted by atomic mass is 19.3. The Hall–Kier alpha value is -0.860. The third-order valence-electron chi connectivity index (χ3n) is 1.17. The molecule has 0 saturated heterocycles. The van der Waals surface area contributed by atoms with Crippen molar-refractivity contribution in [3.8, 4) is 0 Å². The summed E-state index contributed by atoms with van der Waals surface area (Å²) in [7, 11) is 0. The highest BCUT2D eigenvalue weighted by molar-refractivity contribution is 5.09. The van der Waals surface area contributed by atoms with Crippen LogP contribution in [0, 0.1) is 6.92 Å². The lowest BCUT2D eigenvalue weighted by atomic mass is 10.3. The highest BCUT2D eigenvalue weighted by Gasteiger charge is 2.27. The number of rotatable bonds is 1. The molecule has 0 aliphatic heterocycles. The molecule has 0 saturated carbocycles. The Balaban J connectivity index is 2.96. The van der Waals surface area contributed by atoms with Gasteiger partial charge in [0.2, 0.25) is 0 Å². The van der Waals surface area contributed by atoms with E-state index in [0.717, 1.165) is 6.92 Å². The van der Waals surface area contributed by atoms with Crippen LogP contribution in [0.5, 0.6) is 0 Å². The quantitative estimate of drug-likeness (QED) is 0.593. The molecule has 3 heteroatoms. The molecule has 0 aromatic carbocycles. The molecule has 1 aromatic rings. The Kier molecular flexibility index (Phi) is 1.50. The fraction of sp³-hybridized carbons (Fsp3) is 0.429. The molecule has 0 radical (unpaired) electrons. The van der Waals surface area contributed by atoms with Gasteiger partial charge in [0.1, 0.15) is 5.76 Å². The highest BCUT2D eigenvalue weighted by Crippen LogP contribution is 2.27. The molecule has 0 unspecified atom stereocenters. The normalized spacial score (nSPS) is 12.0. The van der Waals surface area contributed by atoms with Crippen molar-refractivity contribution in [1.29, 1.82) is 0 Å². The van der Waals surface area contributed by atoms with Gasteiger partial charge in [-0.05, 0) is 19.1 Å². The number of hydrogen-bond acceptors (Lipinski definition) is 1. The van der Waals surface area contributed by atoms with Crippen LogP contribution in [0.3, 0.4) is 0 Å². The Morgan fingerprint density at radius 2 is 2.00 bits per heavy atom. The van der Waals surface area contributed by atoms with Gasteiger partial charge in [-0.3, -0.25) is 0 Å². The molecule has 1 aromatic heterocycles. The second-order valence-corrected chi connectivity index (χ2v) is 2.30. The first-order valence-corrected chi connectivity index (χ1v) is 2.95. The van der Waals surface area contributed by atoms with E-state index in [1.165, 1.54) is 12.1 Å². The first kappa shape index (κ1) is 7.25. The summed E-state index contributed by atoms with van der Waals surface area (Å²) in [6, 6.07) is 2.81. The van der Waals surface area contributed by atoms with Crippen LogP contribution < -0.4 is 0 Å². The molecule has 0 N–H and O–H groups in total. The maximum atomic E-state index is 12.4. The van der Waals surface area contributed by atoms with E-state index in [-0.39, 0.29) is 5.76 Å². The fourth-order valence-corrected chi connectivity index (χ4v) is 0.670. The van der Waals surface area contributed by atoms with Gasteiger partial charge in [-0.15, -0.1) is 0 Å². The van der Waals surface area contributed by atoms with Gasteiger partial charge in [0.25, 0.3) is 0 Å². The lowest BCUT2D eigenvalue weighted by Gasteiger charge is -2.04. The van der Waals surface area contributed by atoms with E-state index >= 15 is 0 Å². The summed E-state index contributed by atoms with van der Waals surface area (Å²) in [6.45, 7) is 2.44. The average molecular weight is 146 g/mol. The molecule has 1 heterocycles. The monoisotopic (exact) mass is 146 g/mol. The minimum Gasteiger partial charge on any atom is -0.460 e. The van der Waals surface area contributed by atoms with Crippen molar-refractivity contribution in [1.82, 2.24) is 0 Å². The number of aryl methyl sites for hydroxylation is 1. The molecule has 10 heavy (non-hydrogen) atoms. The van der Waals surface area contributed by atoms with Gasteiger partial charge in [-0.2, -0.15) is 8.78 Å². The number of alkyl halides is 2. The van der Waals surface area contributed by atoms with Crippen molar-refractivity contribution in [2.24, 2.45) is 0 Å². The van der Waals surface area contributed by atoms with E-state index in [2.05, 4.69) is 0 Å². The Morgan fingerprint density at radius 3 is 2.20 bits per heavy atom. The summed E-state index contributed by atoms with van der Waals surface area (Å²) in [5.41, 5.74) is 0. The molecule has 0 atom stereocenters. The van der Waals surface area contributed by atoms with Crippen molar-refractivity contribution in [2.45, 2.75) is 19.8 Å². The van der Waals surface area contributed by atoms with Crippen molar-refractivity contribution in [3.05, 3.63) is 23.7 Å². The summed E-state index contributed by atoms with van der Waals surface area (Å²) in [4.78, 5) is 0. The van der Waals surface area contributed by atoms with Gasteiger partial charge in [0.05, 0.1) is 0 Å². The van der Waals surface area contributed by atoms with Crippen LogP contribution in [0.25, 0.3) is 0 Å². The third kappa shape index (κ3) is 1.35. The fourth-order valence-electron chi connectivity index (χ4n) is 0.670. The lowest BCUT2D eigenvalue weighted by Crippen LogP contribution is -2.04. The minimum atomic E-state index is -2.85. The second kappa shape index (κ2) is 2.08. The van der Waals surface area contributed by atoms with E-state index < -0.39 is 5.92 Å². The Labute approximate surface area is 57.7 Å². The van der Waals surface area contributed by atoms with E-state index in [4.69, 9.17) is 4.42 Å². The first-order valence-electron chi connectivity index (χ1n) is 2.95. The smallest absolute Gasteiger partial charge is 0.301 e. The number of furan rings is 1. The van der Waals surface area contributed by atoms with E-state index in [0.29, 0.717) is 5.76 Å². The molecule has 0 aliphatic carbocycles. The van der Waals surface area contributed by atoms with Crippen molar-refractivity contribution < 1.29 is 13.2 Å². The van der Waals surface area contributed by atoms with Crippen LogP contribution in [0.4, 0.5) is 8.78 Å². The summed E-state index contributed by atoms with van der Waals surface area (Å²) < 4.78 is 29.4. The van der Waals surface area contributed by atoms with Gasteiger partial charge < -0.3 is 4.42 Å². The third-order valence-corrected chi connectivity index (χ3v) is 1.17. The zero-order valence-electron chi connectivity index (χ0n) is 5.82. The molecular weight excluding hydrogens is 138 g/mol. The van der Waals surface area contributed by atoms with Crippen LogP contribution in [0.1, 0.15) is 18.4 Å². The summed E-state index contributed by atoms with van der Waals surface area (Å²) in [5, 5.41) is 0. The molecule has 1 nitrogen and oxygen atoms in total. The predicted molar refractivity (Wildman–Crippen MR) is 33.0 cm³/mol. The van der Waals surface area contributed by atoms with Gasteiger partial charge in [-0.25, -0.2) is 0 Å². The SMILES string of the molecule is Cc1ccc(C(C)(F)F)o1. The number of hydrogen-bond donors (Lipinski definition) is 0. The average Bonchev–Trinajstić information content (AvgIpc) is 2.11. The molecule has 1 rings (SSSR count). The predicted octanol–water partition coefficient (Wildman–Crippen LogP) is 2.70.